The lowest BCUT2D eigenvalue weighted by atomic mass is 9.90. The fourth-order valence-electron chi connectivity index (χ4n) is 3.37. The molecule has 130 valence electrons. The molecule has 1 heterocycles. The number of fused-ring (bicyclic) bond motifs is 1. The van der Waals surface area contributed by atoms with Crippen molar-refractivity contribution in [3.05, 3.63) is 35.5 Å². The third-order valence-electron chi connectivity index (χ3n) is 4.61. The highest BCUT2D eigenvalue weighted by molar-refractivity contribution is 5.84. The Balaban J connectivity index is 1.96. The van der Waals surface area contributed by atoms with E-state index in [0.29, 0.717) is 12.8 Å². The fraction of sp³-hybridized carbons (Fsp3) is 0.474. The minimum absolute atomic E-state index is 0.253. The Morgan fingerprint density at radius 2 is 1.83 bits per heavy atom. The van der Waals surface area contributed by atoms with Crippen molar-refractivity contribution in [3.63, 3.8) is 0 Å². The van der Waals surface area contributed by atoms with Gasteiger partial charge < -0.3 is 16.5 Å². The number of unbranched alkanes of at least 4 members (excludes halogenated alkanes) is 1. The molecule has 5 nitrogen and oxygen atoms in total. The molecule has 1 unspecified atom stereocenters. The van der Waals surface area contributed by atoms with E-state index in [1.165, 1.54) is 16.6 Å². The predicted molar refractivity (Wildman–Crippen MR) is 96.3 cm³/mol. The van der Waals surface area contributed by atoms with Crippen LogP contribution in [0.25, 0.3) is 10.9 Å². The van der Waals surface area contributed by atoms with Crippen LogP contribution in [0, 0.1) is 12.8 Å². The predicted octanol–water partition coefficient (Wildman–Crippen LogP) is 2.95. The molecular weight excluding hydrogens is 302 g/mol. The second-order valence-corrected chi connectivity index (χ2v) is 6.56. The highest BCUT2D eigenvalue weighted by atomic mass is 16.1. The number of hydrogen-bond donors (Lipinski definition) is 3. The minimum atomic E-state index is -0.268. The second kappa shape index (κ2) is 8.52. The van der Waals surface area contributed by atoms with Crippen LogP contribution < -0.4 is 11.5 Å². The van der Waals surface area contributed by atoms with Crippen LogP contribution in [0.3, 0.4) is 0 Å². The monoisotopic (exact) mass is 329 g/mol. The largest absolute Gasteiger partial charge is 0.370 e. The maximum absolute atomic E-state index is 11.3. The minimum Gasteiger partial charge on any atom is -0.370 e. The second-order valence-electron chi connectivity index (χ2n) is 6.56. The molecule has 0 bridgehead atoms. The molecule has 0 aliphatic carbocycles. The SMILES string of the molecule is Cc1[nH]c2ccccc2c1CCC(CCCCC(N)=O)CC(N)=O. The number of hydrogen-bond acceptors (Lipinski definition) is 2. The van der Waals surface area contributed by atoms with E-state index in [4.69, 9.17) is 11.5 Å². The van der Waals surface area contributed by atoms with E-state index in [1.807, 2.05) is 12.1 Å². The van der Waals surface area contributed by atoms with Crippen molar-refractivity contribution in [1.82, 2.24) is 4.98 Å². The van der Waals surface area contributed by atoms with E-state index in [9.17, 15) is 9.59 Å². The summed E-state index contributed by atoms with van der Waals surface area (Å²) in [7, 11) is 0. The summed E-state index contributed by atoms with van der Waals surface area (Å²) in [4.78, 5) is 25.6. The Labute approximate surface area is 142 Å². The van der Waals surface area contributed by atoms with E-state index in [0.717, 1.165) is 37.6 Å². The highest BCUT2D eigenvalue weighted by Crippen LogP contribution is 2.26. The van der Waals surface area contributed by atoms with Crippen molar-refractivity contribution >= 4 is 22.7 Å². The molecule has 0 radical (unpaired) electrons. The zero-order valence-corrected chi connectivity index (χ0v) is 14.3. The number of nitrogens with one attached hydrogen (secondary N) is 1. The van der Waals surface area contributed by atoms with E-state index in [-0.39, 0.29) is 17.7 Å². The van der Waals surface area contributed by atoms with Crippen molar-refractivity contribution in [3.8, 4) is 0 Å². The third-order valence-corrected chi connectivity index (χ3v) is 4.61. The lowest BCUT2D eigenvalue weighted by Crippen LogP contribution is -2.17. The van der Waals surface area contributed by atoms with Gasteiger partial charge in [0.1, 0.15) is 0 Å². The Morgan fingerprint density at radius 1 is 1.08 bits per heavy atom. The molecule has 0 aliphatic rings. The molecule has 2 rings (SSSR count). The van der Waals surface area contributed by atoms with Crippen LogP contribution >= 0.6 is 0 Å². The number of aromatic amines is 1. The molecule has 24 heavy (non-hydrogen) atoms. The molecule has 2 amide bonds. The fourth-order valence-corrected chi connectivity index (χ4v) is 3.37. The number of aryl methyl sites for hydroxylation is 2. The van der Waals surface area contributed by atoms with Crippen molar-refractivity contribution in [2.24, 2.45) is 17.4 Å². The normalized spacial score (nSPS) is 12.4. The number of nitrogens with two attached hydrogens (primary N) is 2. The van der Waals surface area contributed by atoms with Crippen molar-refractivity contribution in [2.75, 3.05) is 0 Å². The van der Waals surface area contributed by atoms with Gasteiger partial charge in [-0.25, -0.2) is 0 Å². The maximum atomic E-state index is 11.3. The standard InChI is InChI=1S/C19H27N3O2/c1-13-15(16-7-3-4-8-17(16)22-13)11-10-14(12-19(21)24)6-2-5-9-18(20)23/h3-4,7-8,14,22H,2,5-6,9-12H2,1H3,(H2,20,23)(H2,21,24). The molecule has 2 aromatic rings. The molecule has 0 spiro atoms. The van der Waals surface area contributed by atoms with E-state index in [1.54, 1.807) is 0 Å². The third kappa shape index (κ3) is 5.11. The van der Waals surface area contributed by atoms with Gasteiger partial charge in [0.05, 0.1) is 0 Å². The summed E-state index contributed by atoms with van der Waals surface area (Å²) in [5.74, 6) is -0.273. The molecule has 0 aliphatic heterocycles. The van der Waals surface area contributed by atoms with E-state index < -0.39 is 0 Å². The van der Waals surface area contributed by atoms with E-state index in [2.05, 4.69) is 24.0 Å². The molecular formula is C19H27N3O2. The Kier molecular flexibility index (Phi) is 6.41. The number of carbonyl (C=O) groups excluding carboxylic acids is 2. The highest BCUT2D eigenvalue weighted by Gasteiger charge is 2.15. The van der Waals surface area contributed by atoms with Crippen LogP contribution in [0.1, 0.15) is 49.8 Å². The average Bonchev–Trinajstić information content (AvgIpc) is 2.83. The van der Waals surface area contributed by atoms with Crippen molar-refractivity contribution in [2.45, 2.75) is 51.9 Å². The zero-order chi connectivity index (χ0) is 17.5. The van der Waals surface area contributed by atoms with Crippen LogP contribution in [0.15, 0.2) is 24.3 Å². The van der Waals surface area contributed by atoms with Crippen LogP contribution in [0.5, 0.6) is 0 Å². The first-order valence-electron chi connectivity index (χ1n) is 8.60. The Bertz CT molecular complexity index is 706. The zero-order valence-electron chi connectivity index (χ0n) is 14.3. The van der Waals surface area contributed by atoms with Gasteiger partial charge in [0.25, 0.3) is 0 Å². The number of benzene rings is 1. The Hall–Kier alpha value is -2.30. The lowest BCUT2D eigenvalue weighted by Gasteiger charge is -2.15. The van der Waals surface area contributed by atoms with Crippen LogP contribution in [0.4, 0.5) is 0 Å². The summed E-state index contributed by atoms with van der Waals surface area (Å²) >= 11 is 0. The first-order valence-corrected chi connectivity index (χ1v) is 8.60. The van der Waals surface area contributed by atoms with Gasteiger partial charge in [0.2, 0.25) is 11.8 Å². The molecule has 1 aromatic carbocycles. The summed E-state index contributed by atoms with van der Waals surface area (Å²) in [6.45, 7) is 2.09. The van der Waals surface area contributed by atoms with Gasteiger partial charge in [0.15, 0.2) is 0 Å². The molecule has 1 atom stereocenters. The smallest absolute Gasteiger partial charge is 0.217 e. The molecule has 5 heteroatoms. The molecule has 0 saturated carbocycles. The Morgan fingerprint density at radius 3 is 2.54 bits per heavy atom. The number of amides is 2. The van der Waals surface area contributed by atoms with Gasteiger partial charge in [-0.2, -0.15) is 0 Å². The van der Waals surface area contributed by atoms with Crippen LogP contribution in [-0.4, -0.2) is 16.8 Å². The topological polar surface area (TPSA) is 102 Å². The van der Waals surface area contributed by atoms with Gasteiger partial charge in [-0.05, 0) is 50.2 Å². The number of carbonyl (C=O) groups is 2. The first kappa shape index (κ1) is 18.0. The summed E-state index contributed by atoms with van der Waals surface area (Å²) in [5.41, 5.74) is 14.2. The van der Waals surface area contributed by atoms with Crippen LogP contribution in [0.2, 0.25) is 0 Å². The summed E-state index contributed by atoms with van der Waals surface area (Å²) in [5, 5.41) is 1.25. The number of aromatic nitrogens is 1. The summed E-state index contributed by atoms with van der Waals surface area (Å²) in [6, 6.07) is 8.28. The molecule has 5 N–H and O–H groups in total. The average molecular weight is 329 g/mol. The van der Waals surface area contributed by atoms with Crippen molar-refractivity contribution in [1.29, 1.82) is 0 Å². The number of H-pyrrole nitrogens is 1. The number of rotatable bonds is 10. The lowest BCUT2D eigenvalue weighted by molar-refractivity contribution is -0.119. The van der Waals surface area contributed by atoms with Gasteiger partial charge in [-0.3, -0.25) is 9.59 Å². The summed E-state index contributed by atoms with van der Waals surface area (Å²) < 4.78 is 0. The van der Waals surface area contributed by atoms with Gasteiger partial charge in [-0.1, -0.05) is 24.6 Å². The molecule has 0 saturated heterocycles. The van der Waals surface area contributed by atoms with Gasteiger partial charge in [-0.15, -0.1) is 0 Å². The first-order chi connectivity index (χ1) is 11.5. The summed E-state index contributed by atoms with van der Waals surface area (Å²) in [6.07, 6.45) is 5.22. The van der Waals surface area contributed by atoms with Crippen molar-refractivity contribution < 1.29 is 9.59 Å². The maximum Gasteiger partial charge on any atom is 0.217 e. The number of para-hydroxylation sites is 1. The molecule has 0 fully saturated rings. The quantitative estimate of drug-likeness (QED) is 0.583. The van der Waals surface area contributed by atoms with E-state index >= 15 is 0 Å². The van der Waals surface area contributed by atoms with Gasteiger partial charge >= 0.3 is 0 Å². The number of primary amides is 2. The molecule has 1 aromatic heterocycles. The van der Waals surface area contributed by atoms with Gasteiger partial charge in [0, 0.05) is 29.4 Å². The van der Waals surface area contributed by atoms with Crippen LogP contribution in [-0.2, 0) is 16.0 Å².